The van der Waals surface area contributed by atoms with Crippen molar-refractivity contribution in [3.8, 4) is 0 Å². The lowest BCUT2D eigenvalue weighted by atomic mass is 10.0. The Kier molecular flexibility index (Phi) is 10.2. The van der Waals surface area contributed by atoms with E-state index in [2.05, 4.69) is 5.32 Å². The van der Waals surface area contributed by atoms with Crippen molar-refractivity contribution >= 4 is 27.5 Å². The van der Waals surface area contributed by atoms with Crippen molar-refractivity contribution in [3.05, 3.63) is 132 Å². The van der Waals surface area contributed by atoms with Crippen molar-refractivity contribution in [2.75, 3.05) is 10.8 Å². The van der Waals surface area contributed by atoms with Gasteiger partial charge in [0.15, 0.2) is 0 Å². The minimum Gasteiger partial charge on any atom is -0.350 e. The summed E-state index contributed by atoms with van der Waals surface area (Å²) in [7, 11) is -4.18. The summed E-state index contributed by atoms with van der Waals surface area (Å²) in [5, 5.41) is 2.99. The smallest absolute Gasteiger partial charge is 0.264 e. The number of nitrogens with zero attached hydrogens (tertiary/aromatic N) is 2. The predicted molar refractivity (Wildman–Crippen MR) is 171 cm³/mol. The monoisotopic (exact) mass is 615 g/mol. The summed E-state index contributed by atoms with van der Waals surface area (Å²) in [4.78, 5) is 29.7. The van der Waals surface area contributed by atoms with Crippen LogP contribution in [0.4, 0.5) is 10.1 Å². The average molecular weight is 616 g/mol. The number of carbonyl (C=O) groups excluding carboxylic acids is 2. The van der Waals surface area contributed by atoms with Crippen molar-refractivity contribution in [3.63, 3.8) is 0 Å². The van der Waals surface area contributed by atoms with E-state index in [1.54, 1.807) is 48.5 Å². The average Bonchev–Trinajstić information content (AvgIpc) is 2.98. The summed E-state index contributed by atoms with van der Waals surface area (Å²) in [6.45, 7) is 6.79. The van der Waals surface area contributed by atoms with Crippen molar-refractivity contribution < 1.29 is 22.4 Å². The molecule has 44 heavy (non-hydrogen) atoms. The number of amides is 2. The number of hydrogen-bond acceptors (Lipinski definition) is 4. The summed E-state index contributed by atoms with van der Waals surface area (Å²) in [6.07, 6.45) is 0.186. The van der Waals surface area contributed by atoms with Crippen LogP contribution in [0.2, 0.25) is 0 Å². The molecule has 1 atom stereocenters. The van der Waals surface area contributed by atoms with Gasteiger partial charge >= 0.3 is 0 Å². The van der Waals surface area contributed by atoms with Gasteiger partial charge in [-0.15, -0.1) is 0 Å². The Morgan fingerprint density at radius 1 is 0.818 bits per heavy atom. The highest BCUT2D eigenvalue weighted by atomic mass is 32.2. The number of carbonyl (C=O) groups is 2. The van der Waals surface area contributed by atoms with Gasteiger partial charge in [-0.1, -0.05) is 72.8 Å². The molecule has 0 aliphatic heterocycles. The molecule has 0 fully saturated rings. The van der Waals surface area contributed by atoms with Crippen LogP contribution in [0.3, 0.4) is 0 Å². The van der Waals surface area contributed by atoms with Crippen molar-refractivity contribution in [1.82, 2.24) is 10.2 Å². The molecule has 0 unspecified atom stereocenters. The first-order valence-corrected chi connectivity index (χ1v) is 15.8. The molecule has 0 saturated carbocycles. The number of hydrogen-bond donors (Lipinski definition) is 1. The maximum Gasteiger partial charge on any atom is 0.264 e. The Bertz CT molecular complexity index is 1670. The summed E-state index contributed by atoms with van der Waals surface area (Å²) < 4.78 is 42.9. The maximum absolute atomic E-state index is 14.4. The van der Waals surface area contributed by atoms with Gasteiger partial charge in [0.25, 0.3) is 10.0 Å². The first-order chi connectivity index (χ1) is 20.8. The van der Waals surface area contributed by atoms with E-state index in [9.17, 15) is 22.4 Å². The second kappa shape index (κ2) is 13.9. The van der Waals surface area contributed by atoms with Gasteiger partial charge in [0.2, 0.25) is 11.8 Å². The third-order valence-electron chi connectivity index (χ3n) is 6.94. The van der Waals surface area contributed by atoms with Crippen LogP contribution in [0.1, 0.15) is 37.5 Å². The molecular weight excluding hydrogens is 577 g/mol. The molecule has 4 aromatic carbocycles. The fraction of sp³-hybridized carbons (Fsp3) is 0.257. The third-order valence-corrected chi connectivity index (χ3v) is 8.72. The molecule has 2 amide bonds. The molecule has 7 nitrogen and oxygen atoms in total. The normalized spacial score (nSPS) is 12.3. The number of sulfonamides is 1. The standard InChI is InChI=1S/C35H38FN3O4S/c1-26-12-11-15-30(22-26)39(44(42,43)31-16-9-6-10-17-31)25-33(40)38(24-28-18-20-29(36)21-19-28)32(34(41)37-35(2,3)4)23-27-13-7-5-8-14-27/h5-22,32H,23-25H2,1-4H3,(H,37,41)/t32-/m0/s1. The number of halogens is 1. The highest BCUT2D eigenvalue weighted by Crippen LogP contribution is 2.26. The lowest BCUT2D eigenvalue weighted by Gasteiger charge is -2.35. The van der Waals surface area contributed by atoms with Gasteiger partial charge in [-0.2, -0.15) is 0 Å². The Hall–Kier alpha value is -4.50. The van der Waals surface area contributed by atoms with E-state index in [1.165, 1.54) is 29.2 Å². The van der Waals surface area contributed by atoms with Crippen LogP contribution < -0.4 is 9.62 Å². The molecule has 1 N–H and O–H groups in total. The Balaban J connectivity index is 1.81. The molecule has 9 heteroatoms. The van der Waals surface area contributed by atoms with Crippen LogP contribution in [0.15, 0.2) is 114 Å². The predicted octanol–water partition coefficient (Wildman–Crippen LogP) is 5.88. The van der Waals surface area contributed by atoms with Crippen LogP contribution in [0.25, 0.3) is 0 Å². The second-order valence-corrected chi connectivity index (χ2v) is 13.6. The zero-order chi connectivity index (χ0) is 31.9. The van der Waals surface area contributed by atoms with E-state index < -0.39 is 39.9 Å². The minimum atomic E-state index is -4.18. The quantitative estimate of drug-likeness (QED) is 0.228. The van der Waals surface area contributed by atoms with Crippen LogP contribution in [0.5, 0.6) is 0 Å². The topological polar surface area (TPSA) is 86.8 Å². The lowest BCUT2D eigenvalue weighted by molar-refractivity contribution is -0.140. The van der Waals surface area contributed by atoms with Crippen LogP contribution in [-0.2, 0) is 32.6 Å². The summed E-state index contributed by atoms with van der Waals surface area (Å²) in [5.41, 5.74) is 1.96. The molecule has 0 spiro atoms. The Morgan fingerprint density at radius 3 is 2.02 bits per heavy atom. The highest BCUT2D eigenvalue weighted by Gasteiger charge is 2.35. The first-order valence-electron chi connectivity index (χ1n) is 14.4. The van der Waals surface area contributed by atoms with Gasteiger partial charge in [-0.25, -0.2) is 12.8 Å². The van der Waals surface area contributed by atoms with E-state index in [0.717, 1.165) is 15.4 Å². The number of anilines is 1. The molecule has 0 heterocycles. The third kappa shape index (κ3) is 8.54. The van der Waals surface area contributed by atoms with Crippen LogP contribution >= 0.6 is 0 Å². The molecule has 0 bridgehead atoms. The van der Waals surface area contributed by atoms with Gasteiger partial charge in [-0.05, 0) is 80.8 Å². The Labute approximate surface area is 259 Å². The highest BCUT2D eigenvalue weighted by molar-refractivity contribution is 7.92. The Morgan fingerprint density at radius 2 is 1.43 bits per heavy atom. The van der Waals surface area contributed by atoms with E-state index >= 15 is 0 Å². The van der Waals surface area contributed by atoms with Gasteiger partial charge in [0, 0.05) is 18.5 Å². The van der Waals surface area contributed by atoms with Crippen molar-refractivity contribution in [2.45, 2.75) is 57.1 Å². The van der Waals surface area contributed by atoms with Crippen molar-refractivity contribution in [1.29, 1.82) is 0 Å². The molecule has 0 saturated heterocycles. The molecule has 4 aromatic rings. The molecule has 230 valence electrons. The molecule has 0 aliphatic rings. The fourth-order valence-electron chi connectivity index (χ4n) is 4.82. The lowest BCUT2D eigenvalue weighted by Crippen LogP contribution is -2.56. The summed E-state index contributed by atoms with van der Waals surface area (Å²) >= 11 is 0. The molecule has 4 rings (SSSR count). The molecule has 0 aromatic heterocycles. The molecule has 0 radical (unpaired) electrons. The van der Waals surface area contributed by atoms with E-state index in [-0.39, 0.29) is 23.8 Å². The zero-order valence-electron chi connectivity index (χ0n) is 25.4. The van der Waals surface area contributed by atoms with E-state index in [0.29, 0.717) is 11.3 Å². The van der Waals surface area contributed by atoms with Gasteiger partial charge in [0.05, 0.1) is 10.6 Å². The number of nitrogens with one attached hydrogen (secondary N) is 1. The number of rotatable bonds is 11. The second-order valence-electron chi connectivity index (χ2n) is 11.8. The summed E-state index contributed by atoms with van der Waals surface area (Å²) in [6, 6.07) is 28.8. The number of benzene rings is 4. The summed E-state index contributed by atoms with van der Waals surface area (Å²) in [5.74, 6) is -1.40. The zero-order valence-corrected chi connectivity index (χ0v) is 26.2. The van der Waals surface area contributed by atoms with Crippen LogP contribution in [-0.4, -0.2) is 43.3 Å². The van der Waals surface area contributed by atoms with E-state index in [4.69, 9.17) is 0 Å². The first kappa shape index (κ1) is 32.4. The maximum atomic E-state index is 14.4. The number of aryl methyl sites for hydroxylation is 1. The molecular formula is C35H38FN3O4S. The molecule has 0 aliphatic carbocycles. The minimum absolute atomic E-state index is 0.0331. The largest absolute Gasteiger partial charge is 0.350 e. The van der Waals surface area contributed by atoms with Gasteiger partial charge in [-0.3, -0.25) is 13.9 Å². The van der Waals surface area contributed by atoms with Crippen molar-refractivity contribution in [2.24, 2.45) is 0 Å². The van der Waals surface area contributed by atoms with Gasteiger partial charge in [0.1, 0.15) is 18.4 Å². The fourth-order valence-corrected chi connectivity index (χ4v) is 6.25. The SMILES string of the molecule is Cc1cccc(N(CC(=O)N(Cc2ccc(F)cc2)[C@@H](Cc2ccccc2)C(=O)NC(C)(C)C)S(=O)(=O)c2ccccc2)c1. The van der Waals surface area contributed by atoms with Crippen LogP contribution in [0, 0.1) is 12.7 Å². The van der Waals surface area contributed by atoms with Gasteiger partial charge < -0.3 is 10.2 Å². The van der Waals surface area contributed by atoms with E-state index in [1.807, 2.05) is 64.1 Å².